The Bertz CT molecular complexity index is 224. The minimum absolute atomic E-state index is 0. The molecule has 0 fully saturated rings. The van der Waals surface area contributed by atoms with Crippen LogP contribution in [-0.2, 0) is 0 Å². The van der Waals surface area contributed by atoms with Crippen LogP contribution in [0.5, 0.6) is 0 Å². The van der Waals surface area contributed by atoms with Gasteiger partial charge in [0.1, 0.15) is 0 Å². The highest BCUT2D eigenvalue weighted by atomic mass is 35.5. The van der Waals surface area contributed by atoms with E-state index in [0.717, 1.165) is 11.4 Å². The van der Waals surface area contributed by atoms with Crippen molar-refractivity contribution in [1.29, 1.82) is 0 Å². The Morgan fingerprint density at radius 2 is 1.90 bits per heavy atom. The Hall–Kier alpha value is -0.830. The van der Waals surface area contributed by atoms with Gasteiger partial charge in [-0.05, 0) is 19.9 Å². The first-order valence-corrected chi connectivity index (χ1v) is 2.76. The Balaban J connectivity index is 0.000000810. The van der Waals surface area contributed by atoms with Gasteiger partial charge in [-0.15, -0.1) is 12.4 Å². The normalized spacial score (nSPS) is 8.60. The summed E-state index contributed by atoms with van der Waals surface area (Å²) >= 11 is 0. The zero-order valence-corrected chi connectivity index (χ0v) is 6.77. The molecular weight excluding hydrogens is 150 g/mol. The summed E-state index contributed by atoms with van der Waals surface area (Å²) in [4.78, 5) is 0. The number of rotatable bonds is 0. The molecule has 4 heteroatoms. The van der Waals surface area contributed by atoms with Crippen LogP contribution in [0.3, 0.4) is 0 Å². The zero-order chi connectivity index (χ0) is 6.85. The fraction of sp³-hybridized carbons (Fsp3) is 0.333. The molecule has 1 rings (SSSR count). The molecule has 0 aliphatic carbocycles. The van der Waals surface area contributed by atoms with Gasteiger partial charge in [0.25, 0.3) is 0 Å². The molecule has 1 aromatic heterocycles. The Morgan fingerprint density at radius 1 is 1.30 bits per heavy atom. The lowest BCUT2D eigenvalue weighted by molar-refractivity contribution is 0.945. The molecule has 0 atom stereocenters. The van der Waals surface area contributed by atoms with E-state index in [1.165, 1.54) is 0 Å². The molecule has 1 aromatic rings. The number of nitrogens with two attached hydrogens (primary N) is 1. The molecule has 0 unspecified atom stereocenters. The SMILES string of the molecule is Cc1cc(N)c(C)nn1.Cl. The van der Waals surface area contributed by atoms with E-state index in [1.807, 2.05) is 19.9 Å². The third-order valence-corrected chi connectivity index (χ3v) is 1.14. The second-order valence-corrected chi connectivity index (χ2v) is 2.03. The lowest BCUT2D eigenvalue weighted by Gasteiger charge is -1.95. The van der Waals surface area contributed by atoms with E-state index < -0.39 is 0 Å². The van der Waals surface area contributed by atoms with Gasteiger partial charge in [-0.3, -0.25) is 0 Å². The molecule has 0 spiro atoms. The van der Waals surface area contributed by atoms with Crippen molar-refractivity contribution < 1.29 is 0 Å². The number of aryl methyl sites for hydroxylation is 2. The molecule has 2 N–H and O–H groups in total. The fourth-order valence-corrected chi connectivity index (χ4v) is 0.570. The van der Waals surface area contributed by atoms with Crippen LogP contribution in [0, 0.1) is 13.8 Å². The minimum Gasteiger partial charge on any atom is -0.397 e. The second kappa shape index (κ2) is 3.37. The molecule has 3 nitrogen and oxygen atoms in total. The van der Waals surface area contributed by atoms with Crippen molar-refractivity contribution in [1.82, 2.24) is 10.2 Å². The molecule has 56 valence electrons. The molecule has 10 heavy (non-hydrogen) atoms. The number of hydrogen-bond acceptors (Lipinski definition) is 3. The summed E-state index contributed by atoms with van der Waals surface area (Å²) < 4.78 is 0. The van der Waals surface area contributed by atoms with Crippen molar-refractivity contribution in [3.63, 3.8) is 0 Å². The molecule has 0 amide bonds. The summed E-state index contributed by atoms with van der Waals surface area (Å²) in [6, 6.07) is 1.81. The van der Waals surface area contributed by atoms with Crippen molar-refractivity contribution in [3.05, 3.63) is 17.5 Å². The van der Waals surface area contributed by atoms with Gasteiger partial charge in [-0.2, -0.15) is 10.2 Å². The lowest BCUT2D eigenvalue weighted by Crippen LogP contribution is -1.96. The Kier molecular flexibility index (Phi) is 3.09. The van der Waals surface area contributed by atoms with E-state index in [1.54, 1.807) is 0 Å². The van der Waals surface area contributed by atoms with E-state index in [-0.39, 0.29) is 12.4 Å². The van der Waals surface area contributed by atoms with E-state index >= 15 is 0 Å². The van der Waals surface area contributed by atoms with Gasteiger partial charge in [0.15, 0.2) is 0 Å². The number of hydrogen-bond donors (Lipinski definition) is 1. The van der Waals surface area contributed by atoms with Gasteiger partial charge in [-0.1, -0.05) is 0 Å². The van der Waals surface area contributed by atoms with E-state index in [9.17, 15) is 0 Å². The van der Waals surface area contributed by atoms with Crippen LogP contribution in [0.2, 0.25) is 0 Å². The van der Waals surface area contributed by atoms with Crippen LogP contribution in [0.1, 0.15) is 11.4 Å². The van der Waals surface area contributed by atoms with Crippen LogP contribution in [-0.4, -0.2) is 10.2 Å². The van der Waals surface area contributed by atoms with Crippen LogP contribution in [0.25, 0.3) is 0 Å². The summed E-state index contributed by atoms with van der Waals surface area (Å²) in [6.07, 6.45) is 0. The van der Waals surface area contributed by atoms with Gasteiger partial charge in [0.2, 0.25) is 0 Å². The predicted molar refractivity (Wildman–Crippen MR) is 43.2 cm³/mol. The first-order chi connectivity index (χ1) is 4.20. The quantitative estimate of drug-likeness (QED) is 0.617. The smallest absolute Gasteiger partial charge is 0.0829 e. The maximum absolute atomic E-state index is 5.52. The summed E-state index contributed by atoms with van der Waals surface area (Å²) in [5, 5.41) is 7.61. The van der Waals surface area contributed by atoms with E-state index in [4.69, 9.17) is 5.73 Å². The number of nitrogens with zero attached hydrogens (tertiary/aromatic N) is 2. The largest absolute Gasteiger partial charge is 0.397 e. The molecule has 0 saturated carbocycles. The van der Waals surface area contributed by atoms with Gasteiger partial charge < -0.3 is 5.73 Å². The highest BCUT2D eigenvalue weighted by Gasteiger charge is 1.93. The monoisotopic (exact) mass is 159 g/mol. The lowest BCUT2D eigenvalue weighted by atomic mass is 10.3. The number of halogens is 1. The number of anilines is 1. The molecule has 0 aromatic carbocycles. The van der Waals surface area contributed by atoms with Crippen LogP contribution in [0.4, 0.5) is 5.69 Å². The summed E-state index contributed by atoms with van der Waals surface area (Å²) in [6.45, 7) is 3.70. The molecule has 0 aliphatic rings. The highest BCUT2D eigenvalue weighted by molar-refractivity contribution is 5.85. The van der Waals surface area contributed by atoms with Crippen molar-refractivity contribution in [2.45, 2.75) is 13.8 Å². The minimum atomic E-state index is 0. The summed E-state index contributed by atoms with van der Waals surface area (Å²) in [7, 11) is 0. The summed E-state index contributed by atoms with van der Waals surface area (Å²) in [5.41, 5.74) is 7.88. The van der Waals surface area contributed by atoms with Crippen molar-refractivity contribution in [3.8, 4) is 0 Å². The van der Waals surface area contributed by atoms with E-state index in [2.05, 4.69) is 10.2 Å². The number of nitrogen functional groups attached to an aromatic ring is 1. The maximum atomic E-state index is 5.52. The third-order valence-electron chi connectivity index (χ3n) is 1.14. The topological polar surface area (TPSA) is 51.8 Å². The number of aromatic nitrogens is 2. The highest BCUT2D eigenvalue weighted by Crippen LogP contribution is 2.04. The van der Waals surface area contributed by atoms with Gasteiger partial charge in [0, 0.05) is 0 Å². The average Bonchev–Trinajstić information content (AvgIpc) is 1.80. The third kappa shape index (κ3) is 1.84. The second-order valence-electron chi connectivity index (χ2n) is 2.03. The summed E-state index contributed by atoms with van der Waals surface area (Å²) in [5.74, 6) is 0. The molecular formula is C6H10ClN3. The van der Waals surface area contributed by atoms with Crippen molar-refractivity contribution >= 4 is 18.1 Å². The first kappa shape index (κ1) is 9.17. The molecule has 0 radical (unpaired) electrons. The standard InChI is InChI=1S/C6H9N3.ClH/c1-4-3-6(7)5(2)9-8-4;/h3H,1-2H3,(H2,7,8);1H. The molecule has 0 saturated heterocycles. The molecule has 1 heterocycles. The van der Waals surface area contributed by atoms with Gasteiger partial charge in [-0.25, -0.2) is 0 Å². The van der Waals surface area contributed by atoms with Crippen LogP contribution < -0.4 is 5.73 Å². The maximum Gasteiger partial charge on any atom is 0.0829 e. The van der Waals surface area contributed by atoms with Crippen molar-refractivity contribution in [2.24, 2.45) is 0 Å². The Morgan fingerprint density at radius 3 is 2.30 bits per heavy atom. The van der Waals surface area contributed by atoms with Gasteiger partial charge >= 0.3 is 0 Å². The average molecular weight is 160 g/mol. The van der Waals surface area contributed by atoms with Crippen molar-refractivity contribution in [2.75, 3.05) is 5.73 Å². The van der Waals surface area contributed by atoms with Crippen LogP contribution >= 0.6 is 12.4 Å². The first-order valence-electron chi connectivity index (χ1n) is 2.76. The fourth-order valence-electron chi connectivity index (χ4n) is 0.570. The Labute approximate surface area is 66.1 Å². The molecule has 0 bridgehead atoms. The van der Waals surface area contributed by atoms with Crippen LogP contribution in [0.15, 0.2) is 6.07 Å². The predicted octanol–water partition coefficient (Wildman–Crippen LogP) is 1.10. The molecule has 0 aliphatic heterocycles. The zero-order valence-electron chi connectivity index (χ0n) is 5.96. The van der Waals surface area contributed by atoms with E-state index in [0.29, 0.717) is 5.69 Å². The van der Waals surface area contributed by atoms with Gasteiger partial charge in [0.05, 0.1) is 17.1 Å².